The van der Waals surface area contributed by atoms with Crippen LogP contribution in [0.25, 0.3) is 0 Å². The van der Waals surface area contributed by atoms with E-state index in [1.54, 1.807) is 19.1 Å². The van der Waals surface area contributed by atoms with E-state index in [0.717, 1.165) is 5.56 Å². The molecule has 0 bridgehead atoms. The van der Waals surface area contributed by atoms with Gasteiger partial charge in [-0.1, -0.05) is 30.3 Å². The maximum atomic E-state index is 12.8. The monoisotopic (exact) mass is 405 g/mol. The molecule has 26 heavy (non-hydrogen) atoms. The van der Waals surface area contributed by atoms with Gasteiger partial charge in [-0.25, -0.2) is 24.0 Å². The highest BCUT2D eigenvalue weighted by Crippen LogP contribution is 2.36. The fourth-order valence-corrected chi connectivity index (χ4v) is 5.42. The van der Waals surface area contributed by atoms with Crippen molar-refractivity contribution in [1.82, 2.24) is 15.6 Å². The minimum absolute atomic E-state index is 0.102. The van der Waals surface area contributed by atoms with Crippen molar-refractivity contribution >= 4 is 21.4 Å². The largest absolute Gasteiger partial charge is 0.405 e. The molecule has 10 heteroatoms. The van der Waals surface area contributed by atoms with Crippen LogP contribution in [0.2, 0.25) is 0 Å². The van der Waals surface area contributed by atoms with Crippen molar-refractivity contribution in [2.24, 2.45) is 0 Å². The molecule has 0 spiro atoms. The van der Waals surface area contributed by atoms with Crippen LogP contribution in [0.5, 0.6) is 0 Å². The quantitative estimate of drug-likeness (QED) is 0.715. The summed E-state index contributed by atoms with van der Waals surface area (Å²) in [4.78, 5) is 1.20. The number of aryl methyl sites for hydroxylation is 1. The molecular weight excluding hydrogens is 387 g/mol. The first kappa shape index (κ1) is 19.3. The van der Waals surface area contributed by atoms with Crippen molar-refractivity contribution in [2.75, 3.05) is 0 Å². The Kier molecular flexibility index (Phi) is 5.40. The highest BCUT2D eigenvalue weighted by Gasteiger charge is 2.45. The summed E-state index contributed by atoms with van der Waals surface area (Å²) in [6.45, 7) is 1.79. The number of benzene rings is 1. The molecule has 3 N–H and O–H groups in total. The van der Waals surface area contributed by atoms with Crippen LogP contribution in [-0.4, -0.2) is 20.6 Å². The van der Waals surface area contributed by atoms with Gasteiger partial charge < -0.3 is 0 Å². The minimum atomic E-state index is -4.35. The molecule has 3 rings (SSSR count). The van der Waals surface area contributed by atoms with Crippen molar-refractivity contribution in [3.05, 3.63) is 51.7 Å². The van der Waals surface area contributed by atoms with Gasteiger partial charge in [0.2, 0.25) is 10.0 Å². The normalized spacial score (nSPS) is 21.2. The van der Waals surface area contributed by atoms with Crippen LogP contribution in [-0.2, 0) is 16.6 Å². The summed E-state index contributed by atoms with van der Waals surface area (Å²) in [5.41, 5.74) is 5.65. The number of hydrogen-bond donors (Lipinski definition) is 3. The molecule has 0 radical (unpaired) electrons. The van der Waals surface area contributed by atoms with E-state index in [4.69, 9.17) is 0 Å². The van der Waals surface area contributed by atoms with Gasteiger partial charge in [0.15, 0.2) is 0 Å². The van der Waals surface area contributed by atoms with Gasteiger partial charge in [0.25, 0.3) is 0 Å². The second-order valence-corrected chi connectivity index (χ2v) is 9.07. The molecule has 0 aliphatic carbocycles. The molecule has 1 saturated heterocycles. The summed E-state index contributed by atoms with van der Waals surface area (Å²) < 4.78 is 66.0. The highest BCUT2D eigenvalue weighted by atomic mass is 32.2. The maximum Gasteiger partial charge on any atom is 0.405 e. The average molecular weight is 405 g/mol. The number of thiophene rings is 1. The van der Waals surface area contributed by atoms with Crippen molar-refractivity contribution < 1.29 is 21.6 Å². The van der Waals surface area contributed by atoms with Gasteiger partial charge in [-0.2, -0.15) is 13.2 Å². The smallest absolute Gasteiger partial charge is 0.249 e. The van der Waals surface area contributed by atoms with E-state index in [0.29, 0.717) is 9.75 Å². The maximum absolute atomic E-state index is 12.8. The molecule has 142 valence electrons. The number of nitrogens with one attached hydrogen (secondary N) is 3. The van der Waals surface area contributed by atoms with Gasteiger partial charge in [0, 0.05) is 16.3 Å². The predicted octanol–water partition coefficient (Wildman–Crippen LogP) is 3.00. The first-order chi connectivity index (χ1) is 12.2. The van der Waals surface area contributed by atoms with E-state index in [1.807, 2.05) is 18.2 Å². The number of sulfonamides is 1. The Balaban J connectivity index is 1.73. The highest BCUT2D eigenvalue weighted by molar-refractivity contribution is 7.89. The molecule has 2 heterocycles. The van der Waals surface area contributed by atoms with Crippen LogP contribution in [0.4, 0.5) is 13.2 Å². The lowest BCUT2D eigenvalue weighted by molar-refractivity contribution is -0.153. The average Bonchev–Trinajstić information content (AvgIpc) is 3.20. The van der Waals surface area contributed by atoms with E-state index < -0.39 is 28.3 Å². The molecule has 0 amide bonds. The lowest BCUT2D eigenvalue weighted by atomic mass is 10.1. The first-order valence-electron chi connectivity index (χ1n) is 7.88. The van der Waals surface area contributed by atoms with E-state index in [1.165, 1.54) is 17.4 Å². The molecule has 1 aromatic carbocycles. The SMILES string of the molecule is Cc1sc(C2CC(C(F)(F)F)NN2)cc1S(=O)(=O)NCc1ccccc1. The van der Waals surface area contributed by atoms with Gasteiger partial charge in [-0.05, 0) is 25.0 Å². The fraction of sp³-hybridized carbons (Fsp3) is 0.375. The third kappa shape index (κ3) is 4.26. The van der Waals surface area contributed by atoms with Gasteiger partial charge in [-0.3, -0.25) is 0 Å². The summed E-state index contributed by atoms with van der Waals surface area (Å²) in [5, 5.41) is 0. The van der Waals surface area contributed by atoms with E-state index in [-0.39, 0.29) is 17.9 Å². The third-order valence-corrected chi connectivity index (χ3v) is 6.95. The number of hydrogen-bond acceptors (Lipinski definition) is 5. The van der Waals surface area contributed by atoms with E-state index >= 15 is 0 Å². The third-order valence-electron chi connectivity index (χ3n) is 4.13. The van der Waals surface area contributed by atoms with Crippen LogP contribution in [0.3, 0.4) is 0 Å². The number of rotatable bonds is 5. The van der Waals surface area contributed by atoms with Crippen molar-refractivity contribution in [1.29, 1.82) is 0 Å². The summed E-state index contributed by atoms with van der Waals surface area (Å²) in [5.74, 6) is 0. The number of halogens is 3. The summed E-state index contributed by atoms with van der Waals surface area (Å²) >= 11 is 1.18. The van der Waals surface area contributed by atoms with E-state index in [9.17, 15) is 21.6 Å². The Hall–Kier alpha value is -1.46. The molecule has 1 aromatic heterocycles. The second-order valence-electron chi connectivity index (χ2n) is 6.05. The Bertz CT molecular complexity index is 867. The molecule has 2 unspecified atom stereocenters. The van der Waals surface area contributed by atoms with Crippen LogP contribution in [0, 0.1) is 6.92 Å². The van der Waals surface area contributed by atoms with E-state index in [2.05, 4.69) is 15.6 Å². The zero-order chi connectivity index (χ0) is 18.9. The molecule has 5 nitrogen and oxygen atoms in total. The van der Waals surface area contributed by atoms with Gasteiger partial charge >= 0.3 is 6.18 Å². The first-order valence-corrected chi connectivity index (χ1v) is 10.2. The van der Waals surface area contributed by atoms with Crippen molar-refractivity contribution in [3.63, 3.8) is 0 Å². The summed E-state index contributed by atoms with van der Waals surface area (Å²) in [6, 6.07) is 8.30. The van der Waals surface area contributed by atoms with Crippen LogP contribution in [0.15, 0.2) is 41.3 Å². The number of alkyl halides is 3. The second kappa shape index (κ2) is 7.28. The molecular formula is C16H18F3N3O2S2. The Morgan fingerprint density at radius 2 is 1.92 bits per heavy atom. The summed E-state index contributed by atoms with van der Waals surface area (Å²) in [6.07, 6.45) is -4.53. The van der Waals surface area contributed by atoms with Gasteiger partial charge in [0.05, 0.1) is 10.9 Å². The Morgan fingerprint density at radius 1 is 1.23 bits per heavy atom. The van der Waals surface area contributed by atoms with Crippen LogP contribution in [0.1, 0.15) is 27.8 Å². The molecule has 2 atom stereocenters. The summed E-state index contributed by atoms with van der Waals surface area (Å²) in [7, 11) is -3.75. The lowest BCUT2D eigenvalue weighted by Crippen LogP contribution is -2.40. The Labute approximate surface area is 153 Å². The zero-order valence-electron chi connectivity index (χ0n) is 13.8. The van der Waals surface area contributed by atoms with Gasteiger partial charge in [-0.15, -0.1) is 11.3 Å². The van der Waals surface area contributed by atoms with Gasteiger partial charge in [0.1, 0.15) is 6.04 Å². The predicted molar refractivity (Wildman–Crippen MR) is 93.0 cm³/mol. The topological polar surface area (TPSA) is 70.2 Å². The molecule has 1 aliphatic rings. The molecule has 2 aromatic rings. The molecule has 1 fully saturated rings. The van der Waals surface area contributed by atoms with Crippen LogP contribution >= 0.6 is 11.3 Å². The lowest BCUT2D eigenvalue weighted by Gasteiger charge is -2.12. The molecule has 1 aliphatic heterocycles. The van der Waals surface area contributed by atoms with Crippen molar-refractivity contribution in [2.45, 2.75) is 43.0 Å². The van der Waals surface area contributed by atoms with Crippen LogP contribution < -0.4 is 15.6 Å². The fourth-order valence-electron chi connectivity index (χ4n) is 2.74. The zero-order valence-corrected chi connectivity index (χ0v) is 15.4. The minimum Gasteiger partial charge on any atom is -0.249 e. The molecule has 0 saturated carbocycles. The number of hydrazine groups is 1. The Morgan fingerprint density at radius 3 is 2.54 bits per heavy atom. The standard InChI is InChI=1S/C16H18F3N3O2S2/c1-10-14(26(23,24)20-9-11-5-3-2-4-6-11)8-13(25-10)12-7-15(22-21-12)16(17,18)19/h2-6,8,12,15,20-22H,7,9H2,1H3. The van der Waals surface area contributed by atoms with Crippen molar-refractivity contribution in [3.8, 4) is 0 Å².